The molecule has 0 saturated carbocycles. The molecule has 6 aromatic rings. The van der Waals surface area contributed by atoms with E-state index in [4.69, 9.17) is 0 Å². The fraction of sp³-hybridized carbons (Fsp3) is 0.233. The fourth-order valence-electron chi connectivity index (χ4n) is 4.76. The lowest BCUT2D eigenvalue weighted by Crippen LogP contribution is -2.33. The molecule has 1 atom stereocenters. The standard InChI is InChI=1S/C30H29F2N9O3S/c1-30(2,3)29(42)37-19-10-17(12-33-13-19)21-14-35-26-22(23(21)32)25(40-41-26)28-38-24-20(5-6-34-27(24)39-28)16-7-15(8-18(31)9-16)11-36-45(4,43)44/h5-10,12-14,29,36-37,42H,11H2,1-4H3,(H,34,38,39)(H,35,40,41). The van der Waals surface area contributed by atoms with Crippen LogP contribution in [-0.2, 0) is 16.6 Å². The predicted octanol–water partition coefficient (Wildman–Crippen LogP) is 4.73. The van der Waals surface area contributed by atoms with Crippen LogP contribution in [-0.4, -0.2) is 61.1 Å². The number of sulfonamides is 1. The molecule has 232 valence electrons. The molecule has 5 heterocycles. The molecule has 0 bridgehead atoms. The molecule has 0 spiro atoms. The van der Waals surface area contributed by atoms with E-state index >= 15 is 4.39 Å². The Bertz CT molecular complexity index is 2180. The van der Waals surface area contributed by atoms with E-state index in [1.165, 1.54) is 36.9 Å². The zero-order chi connectivity index (χ0) is 32.1. The highest BCUT2D eigenvalue weighted by Crippen LogP contribution is 2.35. The number of benzene rings is 1. The second kappa shape index (κ2) is 11.3. The van der Waals surface area contributed by atoms with Gasteiger partial charge in [-0.25, -0.2) is 36.9 Å². The molecule has 0 fully saturated rings. The smallest absolute Gasteiger partial charge is 0.209 e. The van der Waals surface area contributed by atoms with E-state index in [0.29, 0.717) is 33.5 Å². The van der Waals surface area contributed by atoms with E-state index in [9.17, 15) is 17.9 Å². The summed E-state index contributed by atoms with van der Waals surface area (Å²) in [7, 11) is -3.48. The number of hydrogen-bond donors (Lipinski definition) is 5. The summed E-state index contributed by atoms with van der Waals surface area (Å²) in [5, 5.41) is 20.5. The number of imidazole rings is 1. The summed E-state index contributed by atoms with van der Waals surface area (Å²) in [4.78, 5) is 20.6. The molecule has 5 aromatic heterocycles. The third-order valence-electron chi connectivity index (χ3n) is 7.13. The Kier molecular flexibility index (Phi) is 7.54. The van der Waals surface area contributed by atoms with E-state index in [1.54, 1.807) is 18.2 Å². The summed E-state index contributed by atoms with van der Waals surface area (Å²) in [6.45, 7) is 5.55. The fourth-order valence-corrected chi connectivity index (χ4v) is 5.19. The third-order valence-corrected chi connectivity index (χ3v) is 7.80. The van der Waals surface area contributed by atoms with Gasteiger partial charge in [0.05, 0.1) is 29.0 Å². The number of anilines is 1. The SMILES string of the molecule is CC(C)(C)C(O)Nc1cncc(-c2cnc3n[nH]c(-c4nc5nccc(-c6cc(F)cc(CNS(C)(=O)=O)c6)c5[nH]4)c3c2F)c1. The Balaban J connectivity index is 1.40. The van der Waals surface area contributed by atoms with Crippen molar-refractivity contribution in [3.05, 3.63) is 72.3 Å². The van der Waals surface area contributed by atoms with Gasteiger partial charge in [0, 0.05) is 47.2 Å². The topological polar surface area (TPSA) is 174 Å². The number of nitrogens with one attached hydrogen (secondary N) is 4. The second-order valence-electron chi connectivity index (χ2n) is 11.7. The van der Waals surface area contributed by atoms with Crippen molar-refractivity contribution in [2.45, 2.75) is 33.5 Å². The molecule has 1 unspecified atom stereocenters. The molecule has 45 heavy (non-hydrogen) atoms. The van der Waals surface area contributed by atoms with E-state index < -0.39 is 33.3 Å². The van der Waals surface area contributed by atoms with E-state index in [2.05, 4.69) is 45.2 Å². The molecule has 12 nitrogen and oxygen atoms in total. The van der Waals surface area contributed by atoms with Crippen molar-refractivity contribution in [3.63, 3.8) is 0 Å². The summed E-state index contributed by atoms with van der Waals surface area (Å²) in [6.07, 6.45) is 6.07. The first kappa shape index (κ1) is 30.2. The largest absolute Gasteiger partial charge is 0.373 e. The van der Waals surface area contributed by atoms with Crippen molar-refractivity contribution in [3.8, 4) is 33.8 Å². The van der Waals surface area contributed by atoms with Gasteiger partial charge in [0.15, 0.2) is 17.1 Å². The zero-order valence-electron chi connectivity index (χ0n) is 24.6. The van der Waals surface area contributed by atoms with Crippen LogP contribution in [0.5, 0.6) is 0 Å². The average Bonchev–Trinajstić information content (AvgIpc) is 3.60. The molecule has 0 aliphatic heterocycles. The number of aliphatic hydroxyl groups is 1. The normalized spacial score (nSPS) is 13.0. The first-order chi connectivity index (χ1) is 21.3. The highest BCUT2D eigenvalue weighted by Gasteiger charge is 2.24. The minimum Gasteiger partial charge on any atom is -0.373 e. The van der Waals surface area contributed by atoms with Gasteiger partial charge in [-0.15, -0.1) is 0 Å². The molecule has 15 heteroatoms. The average molecular weight is 634 g/mol. The third kappa shape index (κ3) is 6.22. The maximum Gasteiger partial charge on any atom is 0.209 e. The highest BCUT2D eigenvalue weighted by atomic mass is 32.2. The zero-order valence-corrected chi connectivity index (χ0v) is 25.5. The van der Waals surface area contributed by atoms with Crippen molar-refractivity contribution in [2.75, 3.05) is 11.6 Å². The highest BCUT2D eigenvalue weighted by molar-refractivity contribution is 7.88. The monoisotopic (exact) mass is 633 g/mol. The number of aromatic amines is 2. The second-order valence-corrected chi connectivity index (χ2v) is 13.6. The molecule has 0 aliphatic carbocycles. The van der Waals surface area contributed by atoms with Crippen LogP contribution in [0, 0.1) is 17.0 Å². The Morgan fingerprint density at radius 1 is 1.00 bits per heavy atom. The summed E-state index contributed by atoms with van der Waals surface area (Å²) >= 11 is 0. The van der Waals surface area contributed by atoms with Crippen LogP contribution >= 0.6 is 0 Å². The molecule has 0 radical (unpaired) electrons. The van der Waals surface area contributed by atoms with E-state index in [1.807, 2.05) is 20.8 Å². The minimum absolute atomic E-state index is 0.0843. The molecular weight excluding hydrogens is 604 g/mol. The number of nitrogens with zero attached hydrogens (tertiary/aromatic N) is 5. The van der Waals surface area contributed by atoms with Crippen LogP contribution in [0.1, 0.15) is 26.3 Å². The Labute approximate surface area is 256 Å². The van der Waals surface area contributed by atoms with Crippen LogP contribution in [0.3, 0.4) is 0 Å². The van der Waals surface area contributed by atoms with Gasteiger partial charge in [0.25, 0.3) is 0 Å². The molecule has 0 amide bonds. The first-order valence-electron chi connectivity index (χ1n) is 13.8. The van der Waals surface area contributed by atoms with Crippen molar-refractivity contribution in [2.24, 2.45) is 5.41 Å². The van der Waals surface area contributed by atoms with Crippen molar-refractivity contribution >= 4 is 37.9 Å². The minimum atomic E-state index is -3.48. The maximum absolute atomic E-state index is 16.2. The van der Waals surface area contributed by atoms with Gasteiger partial charge in [0.2, 0.25) is 10.0 Å². The Morgan fingerprint density at radius 3 is 2.56 bits per heavy atom. The summed E-state index contributed by atoms with van der Waals surface area (Å²) < 4.78 is 56.3. The number of H-pyrrole nitrogens is 2. The van der Waals surface area contributed by atoms with Crippen molar-refractivity contribution in [1.29, 1.82) is 0 Å². The Morgan fingerprint density at radius 2 is 1.80 bits per heavy atom. The molecule has 0 aliphatic rings. The van der Waals surface area contributed by atoms with Gasteiger partial charge >= 0.3 is 0 Å². The van der Waals surface area contributed by atoms with Crippen LogP contribution < -0.4 is 10.0 Å². The first-order valence-corrected chi connectivity index (χ1v) is 15.7. The van der Waals surface area contributed by atoms with Gasteiger partial charge in [-0.05, 0) is 41.5 Å². The van der Waals surface area contributed by atoms with Crippen LogP contribution in [0.25, 0.3) is 56.0 Å². The van der Waals surface area contributed by atoms with Crippen molar-refractivity contribution < 1.29 is 22.3 Å². The van der Waals surface area contributed by atoms with Crippen LogP contribution in [0.2, 0.25) is 0 Å². The molecule has 6 rings (SSSR count). The molecular formula is C30H29F2N9O3S. The lowest BCUT2D eigenvalue weighted by Gasteiger charge is -2.27. The van der Waals surface area contributed by atoms with E-state index in [0.717, 1.165) is 6.26 Å². The predicted molar refractivity (Wildman–Crippen MR) is 166 cm³/mol. The van der Waals surface area contributed by atoms with Gasteiger partial charge in [-0.2, -0.15) is 5.10 Å². The van der Waals surface area contributed by atoms with E-state index in [-0.39, 0.29) is 40.3 Å². The van der Waals surface area contributed by atoms with Crippen LogP contribution in [0.15, 0.2) is 55.1 Å². The van der Waals surface area contributed by atoms with Gasteiger partial charge in [-0.3, -0.25) is 10.1 Å². The summed E-state index contributed by atoms with van der Waals surface area (Å²) in [5.41, 5.74) is 3.18. The number of aromatic nitrogens is 7. The quantitative estimate of drug-likeness (QED) is 0.148. The number of rotatable bonds is 8. The summed E-state index contributed by atoms with van der Waals surface area (Å²) in [6, 6.07) is 7.57. The number of fused-ring (bicyclic) bond motifs is 2. The lowest BCUT2D eigenvalue weighted by atomic mass is 9.94. The lowest BCUT2D eigenvalue weighted by molar-refractivity contribution is 0.0880. The number of halogens is 2. The van der Waals surface area contributed by atoms with Gasteiger partial charge < -0.3 is 15.4 Å². The molecule has 1 aromatic carbocycles. The van der Waals surface area contributed by atoms with Crippen LogP contribution in [0.4, 0.5) is 14.5 Å². The van der Waals surface area contributed by atoms with Crippen molar-refractivity contribution in [1.82, 2.24) is 39.8 Å². The van der Waals surface area contributed by atoms with Gasteiger partial charge in [0.1, 0.15) is 23.6 Å². The molecule has 5 N–H and O–H groups in total. The maximum atomic E-state index is 16.2. The Hall–Kier alpha value is -4.86. The van der Waals surface area contributed by atoms with Gasteiger partial charge in [-0.1, -0.05) is 20.8 Å². The summed E-state index contributed by atoms with van der Waals surface area (Å²) in [5.74, 6) is -0.937. The number of aliphatic hydroxyl groups excluding tert-OH is 1. The molecule has 0 saturated heterocycles. The number of pyridine rings is 3. The number of hydrogen-bond acceptors (Lipinski definition) is 9.